The highest BCUT2D eigenvalue weighted by Gasteiger charge is 2.26. The molecule has 0 spiro atoms. The number of hydrogen-bond acceptors (Lipinski definition) is 6. The summed E-state index contributed by atoms with van der Waals surface area (Å²) in [5.74, 6) is 0.569. The topological polar surface area (TPSA) is 97.9 Å². The van der Waals surface area contributed by atoms with E-state index < -0.39 is 10.0 Å². The largest absolute Gasteiger partial charge is 0.489 e. The lowest BCUT2D eigenvalue weighted by Crippen LogP contribution is -2.35. The predicted molar refractivity (Wildman–Crippen MR) is 123 cm³/mol. The Morgan fingerprint density at radius 3 is 2.62 bits per heavy atom. The van der Waals surface area contributed by atoms with Gasteiger partial charge in [-0.25, -0.2) is 17.9 Å². The second-order valence-corrected chi connectivity index (χ2v) is 10.1. The van der Waals surface area contributed by atoms with Crippen LogP contribution in [0.2, 0.25) is 0 Å². The van der Waals surface area contributed by atoms with Crippen molar-refractivity contribution in [1.29, 1.82) is 0 Å². The first kappa shape index (κ1) is 22.3. The van der Waals surface area contributed by atoms with E-state index in [0.29, 0.717) is 43.3 Å². The second-order valence-electron chi connectivity index (χ2n) is 8.15. The van der Waals surface area contributed by atoms with Gasteiger partial charge in [-0.2, -0.15) is 4.31 Å². The molecule has 0 unspecified atom stereocenters. The number of nitrogens with one attached hydrogen (secondary N) is 1. The summed E-state index contributed by atoms with van der Waals surface area (Å²) in [6, 6.07) is 10.3. The molecule has 3 heterocycles. The smallest absolute Gasteiger partial charge is 0.350 e. The van der Waals surface area contributed by atoms with Crippen LogP contribution in [-0.2, 0) is 16.6 Å². The van der Waals surface area contributed by atoms with Crippen molar-refractivity contribution in [3.63, 3.8) is 0 Å². The molecule has 0 bridgehead atoms. The minimum atomic E-state index is -3.56. The van der Waals surface area contributed by atoms with Gasteiger partial charge in [-0.15, -0.1) is 5.10 Å². The Kier molecular flexibility index (Phi) is 6.52. The van der Waals surface area contributed by atoms with Gasteiger partial charge in [0.2, 0.25) is 10.0 Å². The van der Waals surface area contributed by atoms with Gasteiger partial charge in [0.1, 0.15) is 5.75 Å². The maximum Gasteiger partial charge on any atom is 0.350 e. The average Bonchev–Trinajstić information content (AvgIpc) is 3.10. The van der Waals surface area contributed by atoms with E-state index in [9.17, 15) is 13.2 Å². The van der Waals surface area contributed by atoms with E-state index in [1.54, 1.807) is 40.8 Å². The Balaban J connectivity index is 1.55. The van der Waals surface area contributed by atoms with Gasteiger partial charge in [0.05, 0.1) is 23.2 Å². The van der Waals surface area contributed by atoms with Crippen molar-refractivity contribution in [2.24, 2.45) is 0 Å². The number of piperidine rings is 1. The third-order valence-electron chi connectivity index (χ3n) is 5.39. The molecule has 0 aliphatic carbocycles. The Morgan fingerprint density at radius 2 is 1.91 bits per heavy atom. The van der Waals surface area contributed by atoms with Crippen LogP contribution in [0.3, 0.4) is 0 Å². The lowest BCUT2D eigenvalue weighted by molar-refractivity contribution is 0.243. The molecule has 9 nitrogen and oxygen atoms in total. The van der Waals surface area contributed by atoms with Crippen molar-refractivity contribution in [1.82, 2.24) is 18.5 Å². The molecule has 1 aliphatic rings. The van der Waals surface area contributed by atoms with Gasteiger partial charge in [-0.05, 0) is 57.0 Å². The fourth-order valence-corrected chi connectivity index (χ4v) is 5.37. The van der Waals surface area contributed by atoms with Crippen LogP contribution in [-0.4, -0.2) is 52.6 Å². The van der Waals surface area contributed by atoms with Crippen molar-refractivity contribution in [3.05, 3.63) is 53.1 Å². The molecule has 0 atom stereocenters. The summed E-state index contributed by atoms with van der Waals surface area (Å²) in [4.78, 5) is 12.7. The van der Waals surface area contributed by atoms with Gasteiger partial charge >= 0.3 is 5.69 Å². The van der Waals surface area contributed by atoms with Crippen LogP contribution >= 0.6 is 0 Å². The molecule has 172 valence electrons. The van der Waals surface area contributed by atoms with Gasteiger partial charge in [0.15, 0.2) is 5.65 Å². The number of hydrogen-bond donors (Lipinski definition) is 1. The third-order valence-corrected chi connectivity index (χ3v) is 7.29. The average molecular weight is 460 g/mol. The summed E-state index contributed by atoms with van der Waals surface area (Å²) in [5, 5.41) is 7.56. The van der Waals surface area contributed by atoms with Crippen molar-refractivity contribution < 1.29 is 13.2 Å². The summed E-state index contributed by atoms with van der Waals surface area (Å²) >= 11 is 0. The highest BCUT2D eigenvalue weighted by Crippen LogP contribution is 2.30. The molecule has 0 radical (unpaired) electrons. The summed E-state index contributed by atoms with van der Waals surface area (Å²) in [6.45, 7) is 5.63. The Hall–Kier alpha value is -2.85. The minimum Gasteiger partial charge on any atom is -0.489 e. The SMILES string of the molecule is CC(C)Oc1ccc(S(=O)(=O)N2CCCCC2)cc1NCCn1nc2ccccn2c1=O. The lowest BCUT2D eigenvalue weighted by atomic mass is 10.2. The zero-order valence-corrected chi connectivity index (χ0v) is 19.2. The molecule has 32 heavy (non-hydrogen) atoms. The molecule has 4 rings (SSSR count). The predicted octanol–water partition coefficient (Wildman–Crippen LogP) is 2.57. The van der Waals surface area contributed by atoms with Crippen molar-refractivity contribution >= 4 is 21.4 Å². The van der Waals surface area contributed by atoms with Crippen LogP contribution in [0, 0.1) is 0 Å². The highest BCUT2D eigenvalue weighted by atomic mass is 32.2. The number of sulfonamides is 1. The quantitative estimate of drug-likeness (QED) is 0.556. The molecule has 1 aromatic carbocycles. The summed E-state index contributed by atoms with van der Waals surface area (Å²) in [5.41, 5.74) is 0.937. The summed E-state index contributed by atoms with van der Waals surface area (Å²) in [7, 11) is -3.56. The van der Waals surface area contributed by atoms with Crippen molar-refractivity contribution in [3.8, 4) is 5.75 Å². The standard InChI is InChI=1S/C22H29N5O4S/c1-17(2)31-20-10-9-18(32(29,30)25-12-5-3-6-13-25)16-19(20)23-11-15-27-22(28)26-14-7-4-8-21(26)24-27/h4,7-10,14,16-17,23H,3,5-6,11-13,15H2,1-2H3. The Morgan fingerprint density at radius 1 is 1.12 bits per heavy atom. The number of aromatic nitrogens is 3. The molecule has 0 saturated carbocycles. The fourth-order valence-electron chi connectivity index (χ4n) is 3.83. The van der Waals surface area contributed by atoms with Gasteiger partial charge < -0.3 is 10.1 Å². The number of ether oxygens (including phenoxy) is 1. The fraction of sp³-hybridized carbons (Fsp3) is 0.455. The van der Waals surface area contributed by atoms with Gasteiger partial charge in [-0.3, -0.25) is 4.40 Å². The van der Waals surface area contributed by atoms with E-state index in [0.717, 1.165) is 19.3 Å². The molecule has 1 fully saturated rings. The van der Waals surface area contributed by atoms with Gasteiger partial charge in [-0.1, -0.05) is 12.5 Å². The molecular formula is C22H29N5O4S. The normalized spacial score (nSPS) is 15.3. The molecule has 10 heteroatoms. The van der Waals surface area contributed by atoms with E-state index >= 15 is 0 Å². The first-order valence-corrected chi connectivity index (χ1v) is 12.4. The third kappa shape index (κ3) is 4.66. The molecule has 0 amide bonds. The monoisotopic (exact) mass is 459 g/mol. The first-order chi connectivity index (χ1) is 15.4. The Bertz CT molecular complexity index is 1240. The molecule has 2 aromatic heterocycles. The van der Waals surface area contributed by atoms with E-state index in [1.807, 2.05) is 19.9 Å². The van der Waals surface area contributed by atoms with Crippen molar-refractivity contribution in [2.75, 3.05) is 25.0 Å². The number of pyridine rings is 1. The van der Waals surface area contributed by atoms with Gasteiger partial charge in [0.25, 0.3) is 0 Å². The Labute approximate surface area is 187 Å². The van der Waals surface area contributed by atoms with Crippen LogP contribution in [0.15, 0.2) is 52.3 Å². The maximum atomic E-state index is 13.1. The van der Waals surface area contributed by atoms with E-state index in [4.69, 9.17) is 4.74 Å². The first-order valence-electron chi connectivity index (χ1n) is 11.0. The second kappa shape index (κ2) is 9.33. The van der Waals surface area contributed by atoms with Crippen LogP contribution in [0.5, 0.6) is 5.75 Å². The molecule has 1 aliphatic heterocycles. The van der Waals surface area contributed by atoms with Crippen LogP contribution in [0.25, 0.3) is 5.65 Å². The maximum absolute atomic E-state index is 13.1. The molecular weight excluding hydrogens is 430 g/mol. The molecule has 3 aromatic rings. The molecule has 1 saturated heterocycles. The summed E-state index contributed by atoms with van der Waals surface area (Å²) < 4.78 is 36.5. The number of benzene rings is 1. The van der Waals surface area contributed by atoms with E-state index in [-0.39, 0.29) is 16.7 Å². The van der Waals surface area contributed by atoms with Gasteiger partial charge in [0, 0.05) is 25.8 Å². The van der Waals surface area contributed by atoms with Crippen LogP contribution in [0.4, 0.5) is 5.69 Å². The minimum absolute atomic E-state index is 0.0684. The summed E-state index contributed by atoms with van der Waals surface area (Å²) in [6.07, 6.45) is 4.43. The van der Waals surface area contributed by atoms with Crippen LogP contribution < -0.4 is 15.7 Å². The van der Waals surface area contributed by atoms with E-state index in [1.165, 1.54) is 9.08 Å². The highest BCUT2D eigenvalue weighted by molar-refractivity contribution is 7.89. The zero-order valence-electron chi connectivity index (χ0n) is 18.4. The number of fused-ring (bicyclic) bond motifs is 1. The van der Waals surface area contributed by atoms with Crippen LogP contribution in [0.1, 0.15) is 33.1 Å². The number of rotatable bonds is 8. The number of nitrogens with zero attached hydrogens (tertiary/aromatic N) is 4. The zero-order chi connectivity index (χ0) is 22.7. The number of anilines is 1. The van der Waals surface area contributed by atoms with E-state index in [2.05, 4.69) is 10.4 Å². The van der Waals surface area contributed by atoms with Crippen molar-refractivity contribution in [2.45, 2.75) is 50.7 Å². The lowest BCUT2D eigenvalue weighted by Gasteiger charge is -2.26. The molecule has 1 N–H and O–H groups in total.